The molecule has 5 rings (SSSR count). The van der Waals surface area contributed by atoms with Crippen LogP contribution in [0.15, 0.2) is 54.0 Å². The lowest BCUT2D eigenvalue weighted by Gasteiger charge is -2.34. The van der Waals surface area contributed by atoms with Crippen molar-refractivity contribution in [3.8, 4) is 16.6 Å². The molecule has 0 radical (unpaired) electrons. The van der Waals surface area contributed by atoms with Crippen LogP contribution in [0.5, 0.6) is 0 Å². The average Bonchev–Trinajstić information content (AvgIpc) is 3.48. The summed E-state index contributed by atoms with van der Waals surface area (Å²) < 4.78 is 1.77. The SMILES string of the molecule is N#Cc1cccc(C(=O)N2CCN(c3nc4nccc(-c5cccs5)n4n3)CC2)c1. The fourth-order valence-corrected chi connectivity index (χ4v) is 4.28. The normalized spacial score (nSPS) is 14.1. The highest BCUT2D eigenvalue weighted by Gasteiger charge is 2.25. The lowest BCUT2D eigenvalue weighted by atomic mass is 10.1. The molecule has 0 N–H and O–H groups in total. The van der Waals surface area contributed by atoms with Gasteiger partial charge in [-0.15, -0.1) is 16.4 Å². The maximum Gasteiger partial charge on any atom is 0.254 e. The molecule has 0 atom stereocenters. The number of aromatic nitrogens is 4. The van der Waals surface area contributed by atoms with Gasteiger partial charge in [0.25, 0.3) is 11.7 Å². The Hall–Kier alpha value is -3.77. The van der Waals surface area contributed by atoms with Crippen molar-refractivity contribution < 1.29 is 4.79 Å². The first-order valence-corrected chi connectivity index (χ1v) is 10.4. The highest BCUT2D eigenvalue weighted by molar-refractivity contribution is 7.13. The van der Waals surface area contributed by atoms with Gasteiger partial charge in [-0.2, -0.15) is 14.8 Å². The minimum absolute atomic E-state index is 0.0589. The zero-order valence-electron chi connectivity index (χ0n) is 16.0. The number of anilines is 1. The Bertz CT molecular complexity index is 1250. The maximum absolute atomic E-state index is 12.8. The Morgan fingerprint density at radius 2 is 1.97 bits per heavy atom. The molecular weight excluding hydrogens is 398 g/mol. The van der Waals surface area contributed by atoms with E-state index in [9.17, 15) is 4.79 Å². The predicted molar refractivity (Wildman–Crippen MR) is 113 cm³/mol. The van der Waals surface area contributed by atoms with E-state index < -0.39 is 0 Å². The summed E-state index contributed by atoms with van der Waals surface area (Å²) in [5.41, 5.74) is 1.99. The van der Waals surface area contributed by atoms with Gasteiger partial charge >= 0.3 is 0 Å². The molecule has 4 heterocycles. The van der Waals surface area contributed by atoms with Crippen LogP contribution in [-0.2, 0) is 0 Å². The van der Waals surface area contributed by atoms with Gasteiger partial charge in [0.15, 0.2) is 0 Å². The molecule has 9 heteroatoms. The maximum atomic E-state index is 12.8. The zero-order valence-corrected chi connectivity index (χ0v) is 16.8. The standard InChI is InChI=1S/C21H17N7OS/c22-14-15-3-1-4-16(13-15)19(29)26-8-10-27(11-9-26)21-24-20-23-7-6-17(28(20)25-21)18-5-2-12-30-18/h1-7,12-13H,8-11H2. The first kappa shape index (κ1) is 18.3. The summed E-state index contributed by atoms with van der Waals surface area (Å²) in [5, 5.41) is 15.8. The number of thiophene rings is 1. The molecule has 1 saturated heterocycles. The van der Waals surface area contributed by atoms with E-state index in [0.717, 1.165) is 10.6 Å². The second-order valence-corrected chi connectivity index (χ2v) is 7.85. The zero-order chi connectivity index (χ0) is 20.5. The second-order valence-electron chi connectivity index (χ2n) is 6.90. The lowest BCUT2D eigenvalue weighted by Crippen LogP contribution is -2.49. The Balaban J connectivity index is 1.33. The predicted octanol–water partition coefficient (Wildman–Crippen LogP) is 2.69. The van der Waals surface area contributed by atoms with Crippen LogP contribution in [0.2, 0.25) is 0 Å². The number of carbonyl (C=O) groups is 1. The Morgan fingerprint density at radius 3 is 2.73 bits per heavy atom. The molecule has 0 saturated carbocycles. The van der Waals surface area contributed by atoms with Crippen LogP contribution < -0.4 is 4.90 Å². The number of carbonyl (C=O) groups excluding carboxylic acids is 1. The minimum Gasteiger partial charge on any atom is -0.336 e. The molecule has 1 fully saturated rings. The van der Waals surface area contributed by atoms with Gasteiger partial charge in [-0.05, 0) is 35.7 Å². The molecule has 1 amide bonds. The molecule has 0 spiro atoms. The van der Waals surface area contributed by atoms with Crippen molar-refractivity contribution in [2.75, 3.05) is 31.1 Å². The van der Waals surface area contributed by atoms with Gasteiger partial charge in [0.05, 0.1) is 22.2 Å². The van der Waals surface area contributed by atoms with Crippen LogP contribution in [0.4, 0.5) is 5.95 Å². The summed E-state index contributed by atoms with van der Waals surface area (Å²) in [6.07, 6.45) is 1.74. The molecule has 1 aliphatic rings. The summed E-state index contributed by atoms with van der Waals surface area (Å²) in [6.45, 7) is 2.40. The van der Waals surface area contributed by atoms with E-state index in [-0.39, 0.29) is 5.91 Å². The number of hydrogen-bond donors (Lipinski definition) is 0. The minimum atomic E-state index is -0.0589. The molecule has 148 valence electrons. The number of rotatable bonds is 3. The van der Waals surface area contributed by atoms with E-state index >= 15 is 0 Å². The van der Waals surface area contributed by atoms with Crippen molar-refractivity contribution in [3.05, 3.63) is 65.2 Å². The number of piperazine rings is 1. The molecule has 0 unspecified atom stereocenters. The van der Waals surface area contributed by atoms with Crippen LogP contribution in [0.1, 0.15) is 15.9 Å². The van der Waals surface area contributed by atoms with E-state index in [1.807, 2.05) is 23.6 Å². The quantitative estimate of drug-likeness (QED) is 0.511. The first-order chi connectivity index (χ1) is 14.7. The number of amides is 1. The summed E-state index contributed by atoms with van der Waals surface area (Å²) in [5.74, 6) is 1.11. The molecule has 1 aliphatic heterocycles. The van der Waals surface area contributed by atoms with Crippen LogP contribution >= 0.6 is 11.3 Å². The molecule has 4 aromatic rings. The van der Waals surface area contributed by atoms with Crippen LogP contribution in [0.3, 0.4) is 0 Å². The smallest absolute Gasteiger partial charge is 0.254 e. The molecule has 8 nitrogen and oxygen atoms in total. The number of hydrogen-bond acceptors (Lipinski definition) is 7. The van der Waals surface area contributed by atoms with Gasteiger partial charge in [-0.3, -0.25) is 4.79 Å². The Morgan fingerprint density at radius 1 is 1.10 bits per heavy atom. The van der Waals surface area contributed by atoms with Crippen LogP contribution in [0.25, 0.3) is 16.3 Å². The third kappa shape index (κ3) is 3.27. The van der Waals surface area contributed by atoms with Crippen molar-refractivity contribution in [2.24, 2.45) is 0 Å². The second kappa shape index (κ2) is 7.57. The van der Waals surface area contributed by atoms with Crippen molar-refractivity contribution in [2.45, 2.75) is 0 Å². The number of fused-ring (bicyclic) bond motifs is 1. The molecule has 30 heavy (non-hydrogen) atoms. The van der Waals surface area contributed by atoms with Gasteiger partial charge in [-0.25, -0.2) is 4.98 Å². The monoisotopic (exact) mass is 415 g/mol. The van der Waals surface area contributed by atoms with Gasteiger partial charge in [0.1, 0.15) is 0 Å². The summed E-state index contributed by atoms with van der Waals surface area (Å²) in [4.78, 5) is 26.7. The topological polar surface area (TPSA) is 90.4 Å². The molecule has 3 aromatic heterocycles. The molecular formula is C21H17N7OS. The third-order valence-corrected chi connectivity index (χ3v) is 5.98. The van der Waals surface area contributed by atoms with Gasteiger partial charge in [-0.1, -0.05) is 12.1 Å². The van der Waals surface area contributed by atoms with Crippen molar-refractivity contribution in [3.63, 3.8) is 0 Å². The van der Waals surface area contributed by atoms with E-state index in [0.29, 0.717) is 49.0 Å². The van der Waals surface area contributed by atoms with Gasteiger partial charge in [0.2, 0.25) is 5.95 Å². The molecule has 1 aromatic carbocycles. The largest absolute Gasteiger partial charge is 0.336 e. The number of benzene rings is 1. The lowest BCUT2D eigenvalue weighted by molar-refractivity contribution is 0.0746. The van der Waals surface area contributed by atoms with Crippen LogP contribution in [0, 0.1) is 11.3 Å². The van der Waals surface area contributed by atoms with Crippen LogP contribution in [-0.4, -0.2) is 56.6 Å². The third-order valence-electron chi connectivity index (χ3n) is 5.09. The van der Waals surface area contributed by atoms with Crippen molar-refractivity contribution >= 4 is 29.0 Å². The number of nitrogens with zero attached hydrogens (tertiary/aromatic N) is 7. The summed E-state index contributed by atoms with van der Waals surface area (Å²) >= 11 is 1.65. The summed E-state index contributed by atoms with van der Waals surface area (Å²) in [7, 11) is 0. The molecule has 0 bridgehead atoms. The van der Waals surface area contributed by atoms with Gasteiger partial charge < -0.3 is 9.80 Å². The fraction of sp³-hybridized carbons (Fsp3) is 0.190. The van der Waals surface area contributed by atoms with E-state index in [2.05, 4.69) is 26.0 Å². The van der Waals surface area contributed by atoms with Crippen molar-refractivity contribution in [1.29, 1.82) is 5.26 Å². The van der Waals surface area contributed by atoms with E-state index in [1.165, 1.54) is 0 Å². The molecule has 0 aliphatic carbocycles. The first-order valence-electron chi connectivity index (χ1n) is 9.53. The van der Waals surface area contributed by atoms with E-state index in [1.54, 1.807) is 51.2 Å². The Kier molecular flexibility index (Phi) is 4.61. The highest BCUT2D eigenvalue weighted by atomic mass is 32.1. The highest BCUT2D eigenvalue weighted by Crippen LogP contribution is 2.25. The summed E-state index contributed by atoms with van der Waals surface area (Å²) in [6, 6.07) is 14.9. The number of nitriles is 1. The van der Waals surface area contributed by atoms with Gasteiger partial charge in [0, 0.05) is 37.9 Å². The van der Waals surface area contributed by atoms with Crippen molar-refractivity contribution in [1.82, 2.24) is 24.5 Å². The Labute approximate surface area is 176 Å². The van der Waals surface area contributed by atoms with E-state index in [4.69, 9.17) is 5.26 Å². The average molecular weight is 415 g/mol. The fourth-order valence-electron chi connectivity index (χ4n) is 3.54.